The van der Waals surface area contributed by atoms with E-state index in [1.54, 1.807) is 17.9 Å². The number of sulfone groups is 1. The van der Waals surface area contributed by atoms with Gasteiger partial charge in [-0.2, -0.15) is 5.10 Å². The highest BCUT2D eigenvalue weighted by atomic mass is 32.2. The van der Waals surface area contributed by atoms with Gasteiger partial charge < -0.3 is 14.6 Å². The van der Waals surface area contributed by atoms with Gasteiger partial charge in [0.2, 0.25) is 0 Å². The Bertz CT molecular complexity index is 1120. The molecule has 0 bridgehead atoms. The summed E-state index contributed by atoms with van der Waals surface area (Å²) in [7, 11) is -1.49. The number of carbonyl (C=O) groups is 1. The molecule has 1 aliphatic heterocycles. The third kappa shape index (κ3) is 4.40. The van der Waals surface area contributed by atoms with Crippen molar-refractivity contribution in [3.63, 3.8) is 0 Å². The summed E-state index contributed by atoms with van der Waals surface area (Å²) in [5, 5.41) is 7.37. The largest absolute Gasteiger partial charge is 0.497 e. The van der Waals surface area contributed by atoms with Gasteiger partial charge in [0.1, 0.15) is 5.75 Å². The molecule has 2 aromatic heterocycles. The molecule has 3 aromatic rings. The molecule has 1 amide bonds. The third-order valence-corrected chi connectivity index (χ3v) is 6.98. The highest BCUT2D eigenvalue weighted by molar-refractivity contribution is 7.91. The highest BCUT2D eigenvalue weighted by Gasteiger charge is 2.32. The first-order chi connectivity index (χ1) is 14.4. The molecule has 0 saturated carbocycles. The molecule has 1 saturated heterocycles. The van der Waals surface area contributed by atoms with Crippen molar-refractivity contribution in [1.82, 2.24) is 19.7 Å². The van der Waals surface area contributed by atoms with Crippen LogP contribution in [-0.4, -0.2) is 53.8 Å². The van der Waals surface area contributed by atoms with E-state index in [1.807, 2.05) is 53.4 Å². The van der Waals surface area contributed by atoms with Gasteiger partial charge in [0, 0.05) is 31.0 Å². The maximum Gasteiger partial charge on any atom is 0.271 e. The number of carbonyl (C=O) groups excluding carboxylic acids is 1. The summed E-state index contributed by atoms with van der Waals surface area (Å²) >= 11 is 0. The second-order valence-electron chi connectivity index (χ2n) is 7.32. The Kier molecular flexibility index (Phi) is 5.63. The van der Waals surface area contributed by atoms with Crippen molar-refractivity contribution < 1.29 is 17.9 Å². The number of amides is 1. The summed E-state index contributed by atoms with van der Waals surface area (Å²) in [5.41, 5.74) is 1.84. The molecule has 1 aliphatic rings. The molecular weight excluding hydrogens is 404 g/mol. The molecule has 158 valence electrons. The molecule has 1 N–H and O–H groups in total. The first kappa shape index (κ1) is 20.2. The predicted molar refractivity (Wildman–Crippen MR) is 113 cm³/mol. The van der Waals surface area contributed by atoms with E-state index in [4.69, 9.17) is 4.74 Å². The van der Waals surface area contributed by atoms with Crippen LogP contribution in [0, 0.1) is 0 Å². The van der Waals surface area contributed by atoms with Crippen molar-refractivity contribution >= 4 is 15.7 Å². The van der Waals surface area contributed by atoms with Crippen LogP contribution in [0.3, 0.4) is 0 Å². The Labute approximate surface area is 175 Å². The first-order valence-electron chi connectivity index (χ1n) is 9.78. The second kappa shape index (κ2) is 8.35. The van der Waals surface area contributed by atoms with Crippen LogP contribution in [-0.2, 0) is 16.4 Å². The Balaban J connectivity index is 1.58. The van der Waals surface area contributed by atoms with E-state index in [-0.39, 0.29) is 29.1 Å². The topological polar surface area (TPSA) is 95.2 Å². The molecule has 9 heteroatoms. The summed E-state index contributed by atoms with van der Waals surface area (Å²) in [4.78, 5) is 12.7. The van der Waals surface area contributed by atoms with Crippen LogP contribution < -0.4 is 10.1 Å². The lowest BCUT2D eigenvalue weighted by Gasteiger charge is -2.13. The summed E-state index contributed by atoms with van der Waals surface area (Å²) in [5.74, 6) is 0.609. The van der Waals surface area contributed by atoms with E-state index in [0.717, 1.165) is 17.0 Å². The molecule has 8 nitrogen and oxygen atoms in total. The number of hydrogen-bond acceptors (Lipinski definition) is 5. The van der Waals surface area contributed by atoms with Gasteiger partial charge in [-0.25, -0.2) is 8.42 Å². The lowest BCUT2D eigenvalue weighted by molar-refractivity contribution is 0.0946. The minimum atomic E-state index is -3.09. The fraction of sp³-hybridized carbons (Fsp3) is 0.333. The van der Waals surface area contributed by atoms with Crippen molar-refractivity contribution in [2.75, 3.05) is 25.2 Å². The molecule has 1 fully saturated rings. The smallest absolute Gasteiger partial charge is 0.271 e. The Morgan fingerprint density at radius 1 is 1.23 bits per heavy atom. The molecule has 0 radical (unpaired) electrons. The molecule has 4 rings (SSSR count). The number of aromatic nitrogens is 3. The second-order valence-corrected chi connectivity index (χ2v) is 9.55. The predicted octanol–water partition coefficient (Wildman–Crippen LogP) is 2.15. The monoisotopic (exact) mass is 428 g/mol. The van der Waals surface area contributed by atoms with Gasteiger partial charge in [0.15, 0.2) is 15.5 Å². The maximum atomic E-state index is 12.7. The minimum Gasteiger partial charge on any atom is -0.497 e. The number of benzene rings is 1. The number of nitrogens with one attached hydrogen (secondary N) is 1. The first-order valence-corrected chi connectivity index (χ1v) is 11.6. The van der Waals surface area contributed by atoms with E-state index in [9.17, 15) is 13.2 Å². The van der Waals surface area contributed by atoms with Gasteiger partial charge >= 0.3 is 0 Å². The average Bonchev–Trinajstić information content (AvgIpc) is 3.47. The fourth-order valence-corrected chi connectivity index (χ4v) is 5.33. The third-order valence-electron chi connectivity index (χ3n) is 5.23. The standard InChI is InChI=1S/C21H24N4O4S/c1-29-18-6-4-16(5-7-18)20-14-19(21(26)22-9-12-24-10-2-3-11-24)23-25(20)17-8-13-30(27,28)15-17/h2-7,10-11,14,17H,8-9,12-13,15H2,1H3,(H,22,26)/t17-/m1/s1. The molecule has 30 heavy (non-hydrogen) atoms. The zero-order valence-electron chi connectivity index (χ0n) is 16.7. The van der Waals surface area contributed by atoms with Crippen molar-refractivity contribution in [3.8, 4) is 17.0 Å². The van der Waals surface area contributed by atoms with Gasteiger partial charge in [0.25, 0.3) is 5.91 Å². The highest BCUT2D eigenvalue weighted by Crippen LogP contribution is 2.31. The minimum absolute atomic E-state index is 0.0342. The number of hydrogen-bond donors (Lipinski definition) is 1. The molecular formula is C21H24N4O4S. The molecule has 1 atom stereocenters. The maximum absolute atomic E-state index is 12.7. The number of ether oxygens (including phenoxy) is 1. The lowest BCUT2D eigenvalue weighted by atomic mass is 10.1. The normalized spacial score (nSPS) is 17.7. The van der Waals surface area contributed by atoms with Crippen molar-refractivity contribution in [2.45, 2.75) is 19.0 Å². The number of nitrogens with zero attached hydrogens (tertiary/aromatic N) is 3. The van der Waals surface area contributed by atoms with Crippen LogP contribution in [0.25, 0.3) is 11.3 Å². The van der Waals surface area contributed by atoms with Crippen LogP contribution in [0.4, 0.5) is 0 Å². The van der Waals surface area contributed by atoms with Crippen molar-refractivity contribution in [1.29, 1.82) is 0 Å². The van der Waals surface area contributed by atoms with E-state index in [0.29, 0.717) is 19.5 Å². The zero-order valence-corrected chi connectivity index (χ0v) is 17.5. The van der Waals surface area contributed by atoms with Gasteiger partial charge in [-0.15, -0.1) is 0 Å². The average molecular weight is 429 g/mol. The number of rotatable bonds is 7. The summed E-state index contributed by atoms with van der Waals surface area (Å²) in [6.45, 7) is 1.13. The van der Waals surface area contributed by atoms with E-state index in [2.05, 4.69) is 10.4 Å². The molecule has 0 unspecified atom stereocenters. The zero-order chi connectivity index (χ0) is 21.1. The summed E-state index contributed by atoms with van der Waals surface area (Å²) in [6, 6.07) is 12.7. The van der Waals surface area contributed by atoms with E-state index < -0.39 is 9.84 Å². The molecule has 0 spiro atoms. The molecule has 3 heterocycles. The van der Waals surface area contributed by atoms with Crippen LogP contribution in [0.1, 0.15) is 23.0 Å². The quantitative estimate of drug-likeness (QED) is 0.622. The Morgan fingerprint density at radius 2 is 1.97 bits per heavy atom. The van der Waals surface area contributed by atoms with Crippen LogP contribution in [0.15, 0.2) is 54.9 Å². The fourth-order valence-electron chi connectivity index (χ4n) is 3.64. The van der Waals surface area contributed by atoms with E-state index in [1.165, 1.54) is 0 Å². The molecule has 1 aromatic carbocycles. The van der Waals surface area contributed by atoms with Crippen molar-refractivity contribution in [3.05, 3.63) is 60.6 Å². The number of methoxy groups -OCH3 is 1. The summed E-state index contributed by atoms with van der Waals surface area (Å²) < 4.78 is 32.9. The van der Waals surface area contributed by atoms with Crippen LogP contribution in [0.2, 0.25) is 0 Å². The lowest BCUT2D eigenvalue weighted by Crippen LogP contribution is -2.27. The van der Waals surface area contributed by atoms with Gasteiger partial charge in [-0.3, -0.25) is 9.48 Å². The molecule has 0 aliphatic carbocycles. The van der Waals surface area contributed by atoms with E-state index >= 15 is 0 Å². The van der Waals surface area contributed by atoms with Crippen molar-refractivity contribution in [2.24, 2.45) is 0 Å². The Morgan fingerprint density at radius 3 is 2.60 bits per heavy atom. The van der Waals surface area contributed by atoms with Gasteiger partial charge in [0.05, 0.1) is 30.4 Å². The van der Waals surface area contributed by atoms with Gasteiger partial charge in [-0.05, 0) is 48.9 Å². The van der Waals surface area contributed by atoms with Gasteiger partial charge in [-0.1, -0.05) is 0 Å². The SMILES string of the molecule is COc1ccc(-c2cc(C(=O)NCCn3cccc3)nn2[C@@H]2CCS(=O)(=O)C2)cc1. The van der Waals surface area contributed by atoms with Crippen LogP contribution >= 0.6 is 0 Å². The van der Waals surface area contributed by atoms with Crippen LogP contribution in [0.5, 0.6) is 5.75 Å². The summed E-state index contributed by atoms with van der Waals surface area (Å²) in [6.07, 6.45) is 4.36. The Hall–Kier alpha value is -3.07.